The van der Waals surface area contributed by atoms with Gasteiger partial charge in [0, 0.05) is 65.8 Å². The van der Waals surface area contributed by atoms with Crippen LogP contribution in [0.25, 0.3) is 0 Å². The summed E-state index contributed by atoms with van der Waals surface area (Å²) in [5.41, 5.74) is 2.77. The Morgan fingerprint density at radius 1 is 1.00 bits per heavy atom. The maximum absolute atomic E-state index is 13.0. The molecule has 0 bridgehead atoms. The van der Waals surface area contributed by atoms with Crippen molar-refractivity contribution in [1.82, 2.24) is 18.9 Å². The number of amides is 4. The van der Waals surface area contributed by atoms with Crippen molar-refractivity contribution in [3.8, 4) is 11.5 Å². The summed E-state index contributed by atoms with van der Waals surface area (Å²) >= 11 is 0. The van der Waals surface area contributed by atoms with Gasteiger partial charge in [-0.1, -0.05) is 0 Å². The third-order valence-corrected chi connectivity index (χ3v) is 7.67. The van der Waals surface area contributed by atoms with Gasteiger partial charge in [0.25, 0.3) is 17.7 Å². The minimum Gasteiger partial charge on any atom is -0.493 e. The summed E-state index contributed by atoms with van der Waals surface area (Å²) in [4.78, 5) is 58.8. The van der Waals surface area contributed by atoms with E-state index in [0.717, 1.165) is 12.8 Å². The van der Waals surface area contributed by atoms with Crippen LogP contribution in [0.2, 0.25) is 0 Å². The molecule has 4 amide bonds. The lowest BCUT2D eigenvalue weighted by Gasteiger charge is -2.20. The normalized spacial score (nSPS) is 15.3. The molecule has 0 saturated carbocycles. The smallest absolute Gasteiger partial charge is 0.272 e. The zero-order valence-electron chi connectivity index (χ0n) is 25.5. The zero-order valence-corrected chi connectivity index (χ0v) is 25.5. The first-order chi connectivity index (χ1) is 21.0. The molecule has 2 aromatic heterocycles. The van der Waals surface area contributed by atoms with Crippen molar-refractivity contribution >= 4 is 46.9 Å². The van der Waals surface area contributed by atoms with Gasteiger partial charge >= 0.3 is 0 Å². The third-order valence-electron chi connectivity index (χ3n) is 7.67. The predicted molar refractivity (Wildman–Crippen MR) is 165 cm³/mol. The molecule has 1 saturated heterocycles. The molecule has 2 N–H and O–H groups in total. The molecule has 1 aromatic carbocycles. The number of aryl methyl sites for hydroxylation is 2. The fourth-order valence-electron chi connectivity index (χ4n) is 5.39. The van der Waals surface area contributed by atoms with Gasteiger partial charge in [-0.15, -0.1) is 0 Å². The highest BCUT2D eigenvalue weighted by atomic mass is 16.5. The van der Waals surface area contributed by atoms with E-state index in [4.69, 9.17) is 9.47 Å². The second-order valence-electron chi connectivity index (χ2n) is 11.1. The Morgan fingerprint density at radius 3 is 2.43 bits per heavy atom. The van der Waals surface area contributed by atoms with Crippen LogP contribution in [0.4, 0.5) is 17.1 Å². The Labute approximate surface area is 255 Å². The number of nitrogens with zero attached hydrogens (tertiary/aromatic N) is 5. The first kappa shape index (κ1) is 30.4. The van der Waals surface area contributed by atoms with Crippen molar-refractivity contribution in [2.45, 2.75) is 31.7 Å². The van der Waals surface area contributed by atoms with E-state index in [1.807, 2.05) is 11.1 Å². The Morgan fingerprint density at radius 2 is 1.70 bits per heavy atom. The number of aliphatic imine (C=N–C) groups is 1. The minimum atomic E-state index is -0.378. The lowest BCUT2D eigenvalue weighted by atomic mass is 10.1. The van der Waals surface area contributed by atoms with Gasteiger partial charge in [-0.25, -0.2) is 0 Å². The van der Waals surface area contributed by atoms with Crippen molar-refractivity contribution in [2.24, 2.45) is 19.1 Å². The quantitative estimate of drug-likeness (QED) is 0.341. The van der Waals surface area contributed by atoms with Crippen LogP contribution in [0.15, 0.2) is 41.7 Å². The van der Waals surface area contributed by atoms with Gasteiger partial charge in [0.1, 0.15) is 11.4 Å². The number of aromatic nitrogens is 2. The maximum atomic E-state index is 13.0. The average Bonchev–Trinajstić information content (AvgIpc) is 3.69. The fraction of sp³-hybridized carbons (Fsp3) is 0.387. The standard InChI is InChI=1S/C31H37N7O6/c1-35(2)31(42)25-13-20(18-37(25)4)34-29(40)24-12-19(17-36(24)3)33-28(39)9-7-11-44-27-15-23-22(14-26(27)43-5)30(41)38-10-6-8-21(38)16-32-23/h12-18,21H,6-11H2,1-5H3,(H,33,39)(H,34,40). The van der Waals surface area contributed by atoms with Crippen LogP contribution in [0, 0.1) is 0 Å². The monoisotopic (exact) mass is 603 g/mol. The number of hydrogen-bond acceptors (Lipinski definition) is 7. The number of methoxy groups -OCH3 is 1. The first-order valence-electron chi connectivity index (χ1n) is 14.4. The number of ether oxygens (including phenoxy) is 2. The highest BCUT2D eigenvalue weighted by Crippen LogP contribution is 2.38. The lowest BCUT2D eigenvalue weighted by molar-refractivity contribution is -0.116. The molecule has 3 aromatic rings. The second-order valence-corrected chi connectivity index (χ2v) is 11.1. The lowest BCUT2D eigenvalue weighted by Crippen LogP contribution is -2.35. The van der Waals surface area contributed by atoms with E-state index < -0.39 is 0 Å². The zero-order chi connectivity index (χ0) is 31.5. The largest absolute Gasteiger partial charge is 0.493 e. The Balaban J connectivity index is 1.14. The number of carbonyl (C=O) groups excluding carboxylic acids is 4. The summed E-state index contributed by atoms with van der Waals surface area (Å²) in [5.74, 6) is 0.0383. The molecule has 232 valence electrons. The molecule has 5 rings (SSSR count). The van der Waals surface area contributed by atoms with E-state index >= 15 is 0 Å². The average molecular weight is 604 g/mol. The molecule has 1 fully saturated rings. The van der Waals surface area contributed by atoms with Crippen LogP contribution in [0.5, 0.6) is 11.5 Å². The summed E-state index contributed by atoms with van der Waals surface area (Å²) in [7, 11) is 8.28. The van der Waals surface area contributed by atoms with Crippen LogP contribution in [-0.4, -0.2) is 89.2 Å². The van der Waals surface area contributed by atoms with Gasteiger partial charge in [0.15, 0.2) is 11.5 Å². The van der Waals surface area contributed by atoms with Crippen molar-refractivity contribution in [3.05, 3.63) is 53.6 Å². The third kappa shape index (κ3) is 6.31. The van der Waals surface area contributed by atoms with Gasteiger partial charge in [0.2, 0.25) is 5.91 Å². The van der Waals surface area contributed by atoms with Crippen LogP contribution in [0.1, 0.15) is 57.0 Å². The minimum absolute atomic E-state index is 0.0101. The summed E-state index contributed by atoms with van der Waals surface area (Å²) < 4.78 is 14.7. The molecule has 4 heterocycles. The highest BCUT2D eigenvalue weighted by molar-refractivity contribution is 6.05. The second kappa shape index (κ2) is 12.7. The van der Waals surface area contributed by atoms with E-state index in [2.05, 4.69) is 15.6 Å². The van der Waals surface area contributed by atoms with Crippen LogP contribution in [0.3, 0.4) is 0 Å². The highest BCUT2D eigenvalue weighted by Gasteiger charge is 2.32. The molecular weight excluding hydrogens is 566 g/mol. The number of hydrogen-bond donors (Lipinski definition) is 2. The van der Waals surface area contributed by atoms with Crippen LogP contribution in [-0.2, 0) is 18.9 Å². The van der Waals surface area contributed by atoms with Crippen molar-refractivity contribution in [3.63, 3.8) is 0 Å². The Hall–Kier alpha value is -5.07. The summed E-state index contributed by atoms with van der Waals surface area (Å²) in [5, 5.41) is 5.62. The van der Waals surface area contributed by atoms with Crippen LogP contribution < -0.4 is 20.1 Å². The van der Waals surface area contributed by atoms with Gasteiger partial charge < -0.3 is 39.0 Å². The fourth-order valence-corrected chi connectivity index (χ4v) is 5.39. The first-order valence-corrected chi connectivity index (χ1v) is 14.4. The molecule has 2 aliphatic rings. The number of rotatable bonds is 10. The summed E-state index contributed by atoms with van der Waals surface area (Å²) in [6.45, 7) is 0.955. The molecule has 0 spiro atoms. The maximum Gasteiger partial charge on any atom is 0.272 e. The number of carbonyl (C=O) groups is 4. The molecule has 2 aliphatic heterocycles. The number of nitrogens with one attached hydrogen (secondary N) is 2. The van der Waals surface area contributed by atoms with E-state index in [-0.39, 0.29) is 42.7 Å². The van der Waals surface area contributed by atoms with Gasteiger partial charge in [-0.3, -0.25) is 24.2 Å². The number of anilines is 2. The molecule has 1 unspecified atom stereocenters. The molecule has 1 atom stereocenters. The van der Waals surface area contributed by atoms with Gasteiger partial charge in [-0.05, 0) is 37.5 Å². The van der Waals surface area contributed by atoms with Crippen molar-refractivity contribution < 1.29 is 28.7 Å². The molecule has 13 nitrogen and oxygen atoms in total. The Bertz CT molecular complexity index is 1640. The van der Waals surface area contributed by atoms with Gasteiger partial charge in [-0.2, -0.15) is 0 Å². The SMILES string of the molecule is COc1cc2c(cc1OCCCC(=O)Nc1cc(C(=O)Nc3cc(C(=O)N(C)C)n(C)c3)n(C)c1)N=CC1CCCN1C2=O. The topological polar surface area (TPSA) is 139 Å². The Kier molecular flexibility index (Phi) is 8.74. The van der Waals surface area contributed by atoms with Gasteiger partial charge in [0.05, 0.1) is 42.4 Å². The molecule has 0 radical (unpaired) electrons. The molecule has 13 heteroatoms. The van der Waals surface area contributed by atoms with E-state index in [1.165, 1.54) is 12.0 Å². The van der Waals surface area contributed by atoms with Crippen molar-refractivity contribution in [2.75, 3.05) is 45.0 Å². The summed E-state index contributed by atoms with van der Waals surface area (Å²) in [6, 6.07) is 6.59. The van der Waals surface area contributed by atoms with E-state index in [9.17, 15) is 19.2 Å². The molecule has 0 aliphatic carbocycles. The predicted octanol–water partition coefficient (Wildman–Crippen LogP) is 3.44. The van der Waals surface area contributed by atoms with E-state index in [0.29, 0.717) is 58.5 Å². The molecular formula is C31H37N7O6. The number of fused-ring (bicyclic) bond motifs is 2. The summed E-state index contributed by atoms with van der Waals surface area (Å²) in [6.07, 6.45) is 7.61. The number of benzene rings is 1. The van der Waals surface area contributed by atoms with E-state index in [1.54, 1.807) is 74.0 Å². The molecule has 44 heavy (non-hydrogen) atoms. The van der Waals surface area contributed by atoms with Crippen molar-refractivity contribution in [1.29, 1.82) is 0 Å². The van der Waals surface area contributed by atoms with Crippen LogP contribution >= 0.6 is 0 Å².